The molecule has 0 unspecified atom stereocenters. The topological polar surface area (TPSA) is 70.6 Å². The van der Waals surface area contributed by atoms with E-state index in [1.807, 2.05) is 4.90 Å². The van der Waals surface area contributed by atoms with Crippen molar-refractivity contribution < 1.29 is 9.53 Å². The highest BCUT2D eigenvalue weighted by molar-refractivity contribution is 6.28. The molecule has 118 valence electrons. The minimum absolute atomic E-state index is 0.0496. The van der Waals surface area contributed by atoms with Gasteiger partial charge in [0.1, 0.15) is 0 Å². The molecule has 0 aromatic carbocycles. The Labute approximate surface area is 133 Å². The number of morpholine rings is 1. The van der Waals surface area contributed by atoms with Gasteiger partial charge in [-0.25, -0.2) is 4.98 Å². The van der Waals surface area contributed by atoms with Crippen molar-refractivity contribution >= 4 is 29.0 Å². The van der Waals surface area contributed by atoms with Crippen LogP contribution < -0.4 is 15.1 Å². The second-order valence-electron chi connectivity index (χ2n) is 5.99. The monoisotopic (exact) mass is 323 g/mol. The SMILES string of the molecule is O=C(CN1C[C@@H]2COCCN2c2nc(Cl)ncc21)NC1CC1. The van der Waals surface area contributed by atoms with Crippen molar-refractivity contribution in [2.45, 2.75) is 24.9 Å². The maximum absolute atomic E-state index is 12.1. The van der Waals surface area contributed by atoms with Gasteiger partial charge in [-0.15, -0.1) is 0 Å². The number of rotatable bonds is 3. The number of halogens is 1. The summed E-state index contributed by atoms with van der Waals surface area (Å²) < 4.78 is 5.57. The Morgan fingerprint density at radius 2 is 2.36 bits per heavy atom. The zero-order chi connectivity index (χ0) is 15.1. The molecule has 0 spiro atoms. The standard InChI is InChI=1S/C14H18ClN5O2/c15-14-16-5-11-13(18-14)20-3-4-22-8-10(20)6-19(11)7-12(21)17-9-1-2-9/h5,9-10H,1-4,6-8H2,(H,17,21)/t10-/m1/s1. The zero-order valence-electron chi connectivity index (χ0n) is 12.2. The van der Waals surface area contributed by atoms with E-state index in [9.17, 15) is 4.79 Å². The molecule has 0 bridgehead atoms. The first-order valence-electron chi connectivity index (χ1n) is 7.62. The largest absolute Gasteiger partial charge is 0.377 e. The molecular weight excluding hydrogens is 306 g/mol. The zero-order valence-corrected chi connectivity index (χ0v) is 12.9. The number of aromatic nitrogens is 2. The molecule has 3 aliphatic rings. The quantitative estimate of drug-likeness (QED) is 0.814. The van der Waals surface area contributed by atoms with Crippen molar-refractivity contribution in [3.05, 3.63) is 11.5 Å². The van der Waals surface area contributed by atoms with Crippen LogP contribution in [0.4, 0.5) is 11.5 Å². The lowest BCUT2D eigenvalue weighted by molar-refractivity contribution is -0.119. The van der Waals surface area contributed by atoms with Gasteiger partial charge in [0.05, 0.1) is 37.7 Å². The maximum atomic E-state index is 12.1. The van der Waals surface area contributed by atoms with Gasteiger partial charge < -0.3 is 19.9 Å². The number of anilines is 2. The molecule has 22 heavy (non-hydrogen) atoms. The summed E-state index contributed by atoms with van der Waals surface area (Å²) in [5, 5.41) is 3.25. The van der Waals surface area contributed by atoms with Gasteiger partial charge in [0, 0.05) is 19.1 Å². The van der Waals surface area contributed by atoms with E-state index in [1.165, 1.54) is 0 Å². The number of hydrogen-bond acceptors (Lipinski definition) is 6. The van der Waals surface area contributed by atoms with Crippen LogP contribution in [0, 0.1) is 0 Å². The van der Waals surface area contributed by atoms with E-state index >= 15 is 0 Å². The van der Waals surface area contributed by atoms with E-state index in [-0.39, 0.29) is 17.2 Å². The Bertz CT molecular complexity index is 595. The van der Waals surface area contributed by atoms with Gasteiger partial charge in [0.25, 0.3) is 0 Å². The van der Waals surface area contributed by atoms with Crippen molar-refractivity contribution in [3.63, 3.8) is 0 Å². The molecule has 1 atom stereocenters. The highest BCUT2D eigenvalue weighted by Crippen LogP contribution is 2.34. The van der Waals surface area contributed by atoms with Gasteiger partial charge in [0.2, 0.25) is 11.2 Å². The first kappa shape index (κ1) is 14.0. The van der Waals surface area contributed by atoms with E-state index in [4.69, 9.17) is 16.3 Å². The van der Waals surface area contributed by atoms with Gasteiger partial charge in [-0.1, -0.05) is 0 Å². The Morgan fingerprint density at radius 1 is 1.50 bits per heavy atom. The van der Waals surface area contributed by atoms with Crippen LogP contribution in [-0.4, -0.2) is 60.8 Å². The molecule has 2 fully saturated rings. The van der Waals surface area contributed by atoms with Crippen LogP contribution in [0.1, 0.15) is 12.8 Å². The Morgan fingerprint density at radius 3 is 3.18 bits per heavy atom. The summed E-state index contributed by atoms with van der Waals surface area (Å²) in [6, 6.07) is 0.564. The van der Waals surface area contributed by atoms with Crippen LogP contribution in [0.5, 0.6) is 0 Å². The van der Waals surface area contributed by atoms with E-state index in [0.29, 0.717) is 25.8 Å². The van der Waals surface area contributed by atoms with Crippen LogP contribution >= 0.6 is 11.6 Å². The number of amides is 1. The molecule has 8 heteroatoms. The number of carbonyl (C=O) groups is 1. The molecule has 1 aromatic heterocycles. The number of nitrogens with zero attached hydrogens (tertiary/aromatic N) is 4. The second kappa shape index (κ2) is 5.55. The molecule has 1 aromatic rings. The highest BCUT2D eigenvalue weighted by Gasteiger charge is 2.35. The first-order valence-corrected chi connectivity index (χ1v) is 8.00. The average molecular weight is 324 g/mol. The van der Waals surface area contributed by atoms with Crippen molar-refractivity contribution in [2.75, 3.05) is 42.6 Å². The summed E-state index contributed by atoms with van der Waals surface area (Å²) in [5.74, 6) is 0.854. The van der Waals surface area contributed by atoms with E-state index < -0.39 is 0 Å². The number of hydrogen-bond donors (Lipinski definition) is 1. The van der Waals surface area contributed by atoms with Crippen molar-refractivity contribution in [2.24, 2.45) is 0 Å². The van der Waals surface area contributed by atoms with Crippen LogP contribution in [0.25, 0.3) is 0 Å². The molecule has 1 saturated heterocycles. The summed E-state index contributed by atoms with van der Waals surface area (Å²) in [4.78, 5) is 24.8. The summed E-state index contributed by atoms with van der Waals surface area (Å²) in [7, 11) is 0. The lowest BCUT2D eigenvalue weighted by Crippen LogP contribution is -2.57. The molecule has 1 aliphatic carbocycles. The molecule has 3 heterocycles. The summed E-state index contributed by atoms with van der Waals surface area (Å²) in [6.45, 7) is 3.16. The van der Waals surface area contributed by atoms with Crippen LogP contribution in [0.2, 0.25) is 5.28 Å². The molecule has 4 rings (SSSR count). The highest BCUT2D eigenvalue weighted by atomic mass is 35.5. The van der Waals surface area contributed by atoms with Gasteiger partial charge in [-0.2, -0.15) is 4.98 Å². The third-order valence-electron chi connectivity index (χ3n) is 4.27. The first-order chi connectivity index (χ1) is 10.7. The summed E-state index contributed by atoms with van der Waals surface area (Å²) in [6.07, 6.45) is 3.89. The van der Waals surface area contributed by atoms with Crippen LogP contribution in [0.3, 0.4) is 0 Å². The number of ether oxygens (including phenoxy) is 1. The second-order valence-corrected chi connectivity index (χ2v) is 6.33. The minimum Gasteiger partial charge on any atom is -0.377 e. The fourth-order valence-corrected chi connectivity index (χ4v) is 3.17. The lowest BCUT2D eigenvalue weighted by Gasteiger charge is -2.45. The fraction of sp³-hybridized carbons (Fsp3) is 0.643. The maximum Gasteiger partial charge on any atom is 0.239 e. The molecule has 1 N–H and O–H groups in total. The predicted octanol–water partition coefficient (Wildman–Crippen LogP) is 0.434. The fourth-order valence-electron chi connectivity index (χ4n) is 3.04. The van der Waals surface area contributed by atoms with Gasteiger partial charge in [-0.3, -0.25) is 4.79 Å². The minimum atomic E-state index is 0.0496. The lowest BCUT2D eigenvalue weighted by atomic mass is 10.1. The smallest absolute Gasteiger partial charge is 0.239 e. The Hall–Kier alpha value is -1.60. The molecule has 1 amide bonds. The van der Waals surface area contributed by atoms with Crippen molar-refractivity contribution in [3.8, 4) is 0 Å². The normalized spacial score (nSPS) is 23.8. The third-order valence-corrected chi connectivity index (χ3v) is 4.45. The third kappa shape index (κ3) is 2.70. The summed E-state index contributed by atoms with van der Waals surface area (Å²) in [5.41, 5.74) is 0.869. The van der Waals surface area contributed by atoms with Crippen molar-refractivity contribution in [1.82, 2.24) is 15.3 Å². The predicted molar refractivity (Wildman–Crippen MR) is 82.4 cm³/mol. The molecule has 1 saturated carbocycles. The Kier molecular flexibility index (Phi) is 3.54. The molecular formula is C14H18ClN5O2. The molecule has 7 nitrogen and oxygen atoms in total. The van der Waals surface area contributed by atoms with E-state index in [1.54, 1.807) is 6.20 Å². The molecule has 2 aliphatic heterocycles. The van der Waals surface area contributed by atoms with Gasteiger partial charge >= 0.3 is 0 Å². The average Bonchev–Trinajstić information content (AvgIpc) is 3.31. The van der Waals surface area contributed by atoms with Crippen molar-refractivity contribution in [1.29, 1.82) is 0 Å². The van der Waals surface area contributed by atoms with E-state index in [0.717, 1.165) is 37.4 Å². The number of fused-ring (bicyclic) bond motifs is 3. The molecule has 0 radical (unpaired) electrons. The summed E-state index contributed by atoms with van der Waals surface area (Å²) >= 11 is 5.96. The van der Waals surface area contributed by atoms with Gasteiger partial charge in [-0.05, 0) is 24.4 Å². The Balaban J connectivity index is 1.59. The van der Waals surface area contributed by atoms with Gasteiger partial charge in [0.15, 0.2) is 5.82 Å². The van der Waals surface area contributed by atoms with E-state index in [2.05, 4.69) is 20.2 Å². The van der Waals surface area contributed by atoms with Crippen LogP contribution in [0.15, 0.2) is 6.20 Å². The number of nitrogens with one attached hydrogen (secondary N) is 1. The number of carbonyl (C=O) groups excluding carboxylic acids is 1. The van der Waals surface area contributed by atoms with Crippen LogP contribution in [-0.2, 0) is 9.53 Å².